The molecule has 7 nitrogen and oxygen atoms in total. The summed E-state index contributed by atoms with van der Waals surface area (Å²) < 4.78 is 25.3. The smallest absolute Gasteiger partial charge is 0.239 e. The third kappa shape index (κ3) is 5.59. The minimum absolute atomic E-state index is 0.0240. The number of benzene rings is 1. The van der Waals surface area contributed by atoms with Crippen LogP contribution in [0.3, 0.4) is 0 Å². The summed E-state index contributed by atoms with van der Waals surface area (Å²) in [6.45, 7) is 1.78. The molecule has 1 aromatic rings. The molecule has 1 aromatic carbocycles. The second-order valence-electron chi connectivity index (χ2n) is 10.2. The van der Waals surface area contributed by atoms with E-state index in [4.69, 9.17) is 0 Å². The minimum atomic E-state index is -3.37. The Morgan fingerprint density at radius 3 is 2.26 bits per heavy atom. The van der Waals surface area contributed by atoms with Gasteiger partial charge in [0.1, 0.15) is 0 Å². The van der Waals surface area contributed by atoms with Gasteiger partial charge >= 0.3 is 0 Å². The van der Waals surface area contributed by atoms with E-state index < -0.39 is 10.0 Å². The molecule has 0 aliphatic heterocycles. The topological polar surface area (TPSA) is 104 Å². The van der Waals surface area contributed by atoms with Crippen LogP contribution in [0.1, 0.15) is 63.5 Å². The standard InChI is InChI=1S/C23H33N3O4S/c1-15(19-4-3-5-20(9-19)26-31(2,29)30)25-22(28)14-24-21(27)13-23-10-16-6-17(11-23)8-18(7-16)12-23/h3-5,9,15-18,26H,6-8,10-14H2,1-2H3,(H,24,27)(H,25,28). The molecule has 8 heteroatoms. The summed E-state index contributed by atoms with van der Waals surface area (Å²) >= 11 is 0. The van der Waals surface area contributed by atoms with E-state index >= 15 is 0 Å². The van der Waals surface area contributed by atoms with Gasteiger partial charge in [-0.15, -0.1) is 0 Å². The zero-order valence-corrected chi connectivity index (χ0v) is 19.1. The molecule has 31 heavy (non-hydrogen) atoms. The van der Waals surface area contributed by atoms with Crippen LogP contribution in [-0.4, -0.2) is 33.0 Å². The number of anilines is 1. The fourth-order valence-electron chi connectivity index (χ4n) is 6.55. The van der Waals surface area contributed by atoms with Crippen LogP contribution in [0, 0.1) is 23.2 Å². The van der Waals surface area contributed by atoms with E-state index in [1.165, 1.54) is 38.5 Å². The van der Waals surface area contributed by atoms with Gasteiger partial charge in [-0.2, -0.15) is 0 Å². The second kappa shape index (κ2) is 8.45. The van der Waals surface area contributed by atoms with Crippen LogP contribution >= 0.6 is 0 Å². The highest BCUT2D eigenvalue weighted by atomic mass is 32.2. The molecular formula is C23H33N3O4S. The molecule has 5 rings (SSSR count). The highest BCUT2D eigenvalue weighted by Gasteiger charge is 2.51. The van der Waals surface area contributed by atoms with Gasteiger partial charge in [0.05, 0.1) is 18.8 Å². The third-order valence-electron chi connectivity index (χ3n) is 7.21. The molecule has 0 radical (unpaired) electrons. The van der Waals surface area contributed by atoms with Crippen molar-refractivity contribution in [2.24, 2.45) is 23.2 Å². The Morgan fingerprint density at radius 2 is 1.68 bits per heavy atom. The van der Waals surface area contributed by atoms with Crippen molar-refractivity contribution >= 4 is 27.5 Å². The zero-order valence-electron chi connectivity index (χ0n) is 18.3. The van der Waals surface area contributed by atoms with Crippen LogP contribution in [0.25, 0.3) is 0 Å². The second-order valence-corrected chi connectivity index (χ2v) is 11.9. The average Bonchev–Trinajstić information content (AvgIpc) is 2.63. The van der Waals surface area contributed by atoms with Crippen molar-refractivity contribution in [1.29, 1.82) is 0 Å². The highest BCUT2D eigenvalue weighted by Crippen LogP contribution is 2.61. The maximum atomic E-state index is 12.6. The van der Waals surface area contributed by atoms with Crippen LogP contribution in [-0.2, 0) is 19.6 Å². The molecule has 2 amide bonds. The summed E-state index contributed by atoms with van der Waals surface area (Å²) in [7, 11) is -3.37. The lowest BCUT2D eigenvalue weighted by Crippen LogP contribution is -2.48. The summed E-state index contributed by atoms with van der Waals surface area (Å²) in [4.78, 5) is 25.0. The van der Waals surface area contributed by atoms with Crippen molar-refractivity contribution in [3.8, 4) is 0 Å². The van der Waals surface area contributed by atoms with Crippen molar-refractivity contribution in [3.63, 3.8) is 0 Å². The van der Waals surface area contributed by atoms with Gasteiger partial charge in [0, 0.05) is 12.1 Å². The molecule has 4 fully saturated rings. The average molecular weight is 448 g/mol. The van der Waals surface area contributed by atoms with E-state index in [1.807, 2.05) is 13.0 Å². The number of hydrogen-bond acceptors (Lipinski definition) is 4. The Kier molecular flexibility index (Phi) is 6.03. The van der Waals surface area contributed by atoms with E-state index in [0.29, 0.717) is 12.1 Å². The Balaban J connectivity index is 1.26. The third-order valence-corrected chi connectivity index (χ3v) is 7.82. The Bertz CT molecular complexity index is 924. The highest BCUT2D eigenvalue weighted by molar-refractivity contribution is 7.92. The predicted molar refractivity (Wildman–Crippen MR) is 120 cm³/mol. The minimum Gasteiger partial charge on any atom is -0.348 e. The van der Waals surface area contributed by atoms with E-state index in [-0.39, 0.29) is 29.8 Å². The number of rotatable bonds is 8. The first-order chi connectivity index (χ1) is 14.6. The molecule has 4 aliphatic rings. The maximum absolute atomic E-state index is 12.6. The van der Waals surface area contributed by atoms with Gasteiger partial charge in [-0.05, 0) is 86.3 Å². The Labute approximate surface area is 184 Å². The van der Waals surface area contributed by atoms with Crippen molar-refractivity contribution in [2.45, 2.75) is 57.9 Å². The van der Waals surface area contributed by atoms with Gasteiger partial charge in [-0.1, -0.05) is 12.1 Å². The fraction of sp³-hybridized carbons (Fsp3) is 0.652. The molecule has 1 atom stereocenters. The quantitative estimate of drug-likeness (QED) is 0.570. The first-order valence-electron chi connectivity index (χ1n) is 11.2. The van der Waals surface area contributed by atoms with Crippen LogP contribution in [0.2, 0.25) is 0 Å². The molecular weight excluding hydrogens is 414 g/mol. The molecule has 3 N–H and O–H groups in total. The van der Waals surface area contributed by atoms with Crippen molar-refractivity contribution < 1.29 is 18.0 Å². The van der Waals surface area contributed by atoms with E-state index in [0.717, 1.165) is 29.6 Å². The van der Waals surface area contributed by atoms with Gasteiger partial charge < -0.3 is 10.6 Å². The number of nitrogens with one attached hydrogen (secondary N) is 3. The van der Waals surface area contributed by atoms with Crippen LogP contribution in [0.15, 0.2) is 24.3 Å². The van der Waals surface area contributed by atoms with E-state index in [9.17, 15) is 18.0 Å². The SMILES string of the molecule is CC(NC(=O)CNC(=O)CC12CC3CC(CC(C3)C1)C2)c1cccc(NS(C)(=O)=O)c1. The van der Waals surface area contributed by atoms with E-state index in [1.54, 1.807) is 18.2 Å². The van der Waals surface area contributed by atoms with E-state index in [2.05, 4.69) is 15.4 Å². The van der Waals surface area contributed by atoms with Gasteiger partial charge in [0.2, 0.25) is 21.8 Å². The van der Waals surface area contributed by atoms with Gasteiger partial charge in [-0.3, -0.25) is 14.3 Å². The molecule has 0 saturated heterocycles. The Hall–Kier alpha value is -2.09. The monoisotopic (exact) mass is 447 g/mol. The van der Waals surface area contributed by atoms with Crippen molar-refractivity contribution in [3.05, 3.63) is 29.8 Å². The molecule has 4 saturated carbocycles. The number of hydrogen-bond donors (Lipinski definition) is 3. The summed E-state index contributed by atoms with van der Waals surface area (Å²) in [6, 6.07) is 6.60. The summed E-state index contributed by atoms with van der Waals surface area (Å²) in [6.07, 6.45) is 9.20. The lowest BCUT2D eigenvalue weighted by atomic mass is 9.49. The van der Waals surface area contributed by atoms with Gasteiger partial charge in [0.15, 0.2) is 0 Å². The normalized spacial score (nSPS) is 29.9. The molecule has 170 valence electrons. The van der Waals surface area contributed by atoms with Gasteiger partial charge in [-0.25, -0.2) is 8.42 Å². The zero-order chi connectivity index (χ0) is 22.2. The van der Waals surface area contributed by atoms with Crippen molar-refractivity contribution in [2.75, 3.05) is 17.5 Å². The maximum Gasteiger partial charge on any atom is 0.239 e. The van der Waals surface area contributed by atoms with Gasteiger partial charge in [0.25, 0.3) is 0 Å². The number of carbonyl (C=O) groups is 2. The lowest BCUT2D eigenvalue weighted by molar-refractivity contribution is -0.132. The summed E-state index contributed by atoms with van der Waals surface area (Å²) in [5.74, 6) is 2.13. The largest absolute Gasteiger partial charge is 0.348 e. The van der Waals surface area contributed by atoms with Crippen LogP contribution < -0.4 is 15.4 Å². The summed E-state index contributed by atoms with van der Waals surface area (Å²) in [5.41, 5.74) is 1.39. The Morgan fingerprint density at radius 1 is 1.06 bits per heavy atom. The molecule has 0 heterocycles. The predicted octanol–water partition coefficient (Wildman–Crippen LogP) is 2.96. The first-order valence-corrected chi connectivity index (χ1v) is 13.1. The van der Waals surface area contributed by atoms with Crippen LogP contribution in [0.5, 0.6) is 0 Å². The number of amides is 2. The number of sulfonamides is 1. The summed E-state index contributed by atoms with van der Waals surface area (Å²) in [5, 5.41) is 5.68. The number of carbonyl (C=O) groups excluding carboxylic acids is 2. The first kappa shape index (κ1) is 22.1. The fourth-order valence-corrected chi connectivity index (χ4v) is 7.11. The molecule has 4 bridgehead atoms. The molecule has 1 unspecified atom stereocenters. The van der Waals surface area contributed by atoms with Crippen molar-refractivity contribution in [1.82, 2.24) is 10.6 Å². The lowest BCUT2D eigenvalue weighted by Gasteiger charge is -2.56. The molecule has 0 aromatic heterocycles. The molecule has 4 aliphatic carbocycles. The molecule has 0 spiro atoms. The van der Waals surface area contributed by atoms with Crippen LogP contribution in [0.4, 0.5) is 5.69 Å².